The number of amides is 1. The Kier molecular flexibility index (Phi) is 5.31. The first-order chi connectivity index (χ1) is 15.6. The fraction of sp³-hybridized carbons (Fsp3) is 0.280. The summed E-state index contributed by atoms with van der Waals surface area (Å²) in [5, 5.41) is 4.12. The SMILES string of the molecule is CNc1cc([C@@H]2CCCN(C(=O)c3oc4ccccc4c3C)C2)nc(-c2cccnc2)n1. The van der Waals surface area contributed by atoms with Gasteiger partial charge in [-0.1, -0.05) is 18.2 Å². The second-order valence-electron chi connectivity index (χ2n) is 8.14. The Hall–Kier alpha value is -3.74. The highest BCUT2D eigenvalue weighted by molar-refractivity contribution is 5.99. The van der Waals surface area contributed by atoms with Gasteiger partial charge in [-0.15, -0.1) is 0 Å². The van der Waals surface area contributed by atoms with Crippen LogP contribution in [0.4, 0.5) is 5.82 Å². The molecule has 7 nitrogen and oxygen atoms in total. The van der Waals surface area contributed by atoms with Crippen LogP contribution in [-0.4, -0.2) is 45.9 Å². The van der Waals surface area contributed by atoms with Gasteiger partial charge in [0.15, 0.2) is 11.6 Å². The molecular formula is C25H25N5O2. The average molecular weight is 428 g/mol. The van der Waals surface area contributed by atoms with E-state index < -0.39 is 0 Å². The Labute approximate surface area is 186 Å². The Morgan fingerprint density at radius 3 is 2.84 bits per heavy atom. The predicted molar refractivity (Wildman–Crippen MR) is 124 cm³/mol. The Balaban J connectivity index is 1.43. The number of carbonyl (C=O) groups is 1. The van der Waals surface area contributed by atoms with Crippen LogP contribution in [0.15, 0.2) is 59.3 Å². The van der Waals surface area contributed by atoms with Crippen LogP contribution in [0.5, 0.6) is 0 Å². The molecule has 1 N–H and O–H groups in total. The van der Waals surface area contributed by atoms with Crippen LogP contribution in [0, 0.1) is 6.92 Å². The number of piperidine rings is 1. The highest BCUT2D eigenvalue weighted by Crippen LogP contribution is 2.31. The van der Waals surface area contributed by atoms with Crippen molar-refractivity contribution in [3.63, 3.8) is 0 Å². The summed E-state index contributed by atoms with van der Waals surface area (Å²) in [4.78, 5) is 28.9. The molecule has 0 unspecified atom stereocenters. The molecule has 0 saturated carbocycles. The first-order valence-corrected chi connectivity index (χ1v) is 10.9. The highest BCUT2D eigenvalue weighted by atomic mass is 16.3. The summed E-state index contributed by atoms with van der Waals surface area (Å²) >= 11 is 0. The number of likely N-dealkylation sites (tertiary alicyclic amines) is 1. The van der Waals surface area contributed by atoms with Crippen LogP contribution in [0.2, 0.25) is 0 Å². The van der Waals surface area contributed by atoms with Crippen molar-refractivity contribution in [3.8, 4) is 11.4 Å². The summed E-state index contributed by atoms with van der Waals surface area (Å²) in [5.74, 6) is 1.89. The number of rotatable bonds is 4. The van der Waals surface area contributed by atoms with Gasteiger partial charge in [-0.3, -0.25) is 9.78 Å². The fourth-order valence-electron chi connectivity index (χ4n) is 4.35. The van der Waals surface area contributed by atoms with Gasteiger partial charge in [0.2, 0.25) is 0 Å². The summed E-state index contributed by atoms with van der Waals surface area (Å²) < 4.78 is 5.93. The zero-order valence-corrected chi connectivity index (χ0v) is 18.2. The molecule has 0 spiro atoms. The maximum atomic E-state index is 13.4. The van der Waals surface area contributed by atoms with Crippen molar-refractivity contribution in [1.29, 1.82) is 0 Å². The van der Waals surface area contributed by atoms with Crippen LogP contribution in [0.1, 0.15) is 40.6 Å². The minimum atomic E-state index is -0.0567. The van der Waals surface area contributed by atoms with Gasteiger partial charge < -0.3 is 14.6 Å². The number of benzene rings is 1. The average Bonchev–Trinajstić information content (AvgIpc) is 3.20. The molecule has 4 aromatic rings. The molecule has 7 heteroatoms. The van der Waals surface area contributed by atoms with E-state index in [-0.39, 0.29) is 11.8 Å². The number of aromatic nitrogens is 3. The van der Waals surface area contributed by atoms with E-state index in [2.05, 4.69) is 15.3 Å². The molecule has 1 atom stereocenters. The molecule has 0 aliphatic carbocycles. The van der Waals surface area contributed by atoms with Crippen molar-refractivity contribution in [1.82, 2.24) is 19.9 Å². The largest absolute Gasteiger partial charge is 0.451 e. The molecule has 3 aromatic heterocycles. The lowest BCUT2D eigenvalue weighted by atomic mass is 9.94. The van der Waals surface area contributed by atoms with E-state index in [4.69, 9.17) is 9.40 Å². The molecular weight excluding hydrogens is 402 g/mol. The molecule has 0 radical (unpaired) electrons. The van der Waals surface area contributed by atoms with Crippen molar-refractivity contribution in [2.75, 3.05) is 25.5 Å². The number of para-hydroxylation sites is 1. The third kappa shape index (κ3) is 3.70. The van der Waals surface area contributed by atoms with Gasteiger partial charge in [0.1, 0.15) is 11.4 Å². The van der Waals surface area contributed by atoms with Crippen LogP contribution < -0.4 is 5.32 Å². The van der Waals surface area contributed by atoms with Crippen LogP contribution >= 0.6 is 0 Å². The number of anilines is 1. The lowest BCUT2D eigenvalue weighted by Gasteiger charge is -2.32. The number of aryl methyl sites for hydroxylation is 1. The van der Waals surface area contributed by atoms with Crippen LogP contribution in [-0.2, 0) is 0 Å². The van der Waals surface area contributed by atoms with Crippen molar-refractivity contribution in [3.05, 3.63) is 71.9 Å². The third-order valence-electron chi connectivity index (χ3n) is 6.09. The molecule has 1 aliphatic rings. The van der Waals surface area contributed by atoms with Crippen molar-refractivity contribution >= 4 is 22.7 Å². The van der Waals surface area contributed by atoms with Gasteiger partial charge in [0, 0.05) is 61.0 Å². The molecule has 162 valence electrons. The number of carbonyl (C=O) groups excluding carboxylic acids is 1. The monoisotopic (exact) mass is 427 g/mol. The summed E-state index contributed by atoms with van der Waals surface area (Å²) in [5.41, 5.74) is 3.44. The zero-order chi connectivity index (χ0) is 22.1. The van der Waals surface area contributed by atoms with Gasteiger partial charge in [-0.05, 0) is 38.0 Å². The standard InChI is InChI=1S/C25H25N5O2/c1-16-19-9-3-4-10-21(19)32-23(16)25(31)30-12-6-8-18(15-30)20-13-22(26-2)29-24(28-20)17-7-5-11-27-14-17/h3-5,7,9-11,13-14,18H,6,8,12,15H2,1-2H3,(H,26,28,29)/t18-/m1/s1. The second kappa shape index (κ2) is 8.42. The number of nitrogens with one attached hydrogen (secondary N) is 1. The molecule has 0 bridgehead atoms. The molecule has 1 aromatic carbocycles. The maximum absolute atomic E-state index is 13.4. The van der Waals surface area contributed by atoms with E-state index in [1.807, 2.05) is 61.3 Å². The number of nitrogens with zero attached hydrogens (tertiary/aromatic N) is 4. The number of hydrogen-bond acceptors (Lipinski definition) is 6. The zero-order valence-electron chi connectivity index (χ0n) is 18.2. The molecule has 4 heterocycles. The molecule has 32 heavy (non-hydrogen) atoms. The predicted octanol–water partition coefficient (Wildman–Crippen LogP) is 4.65. The quantitative estimate of drug-likeness (QED) is 0.510. The normalized spacial score (nSPS) is 16.3. The van der Waals surface area contributed by atoms with E-state index in [1.54, 1.807) is 12.4 Å². The number of hydrogen-bond donors (Lipinski definition) is 1. The second-order valence-corrected chi connectivity index (χ2v) is 8.14. The van der Waals surface area contributed by atoms with Gasteiger partial charge in [-0.2, -0.15) is 0 Å². The number of fused-ring (bicyclic) bond motifs is 1. The summed E-state index contributed by atoms with van der Waals surface area (Å²) in [6.07, 6.45) is 5.38. The summed E-state index contributed by atoms with van der Waals surface area (Å²) in [7, 11) is 1.85. The highest BCUT2D eigenvalue weighted by Gasteiger charge is 2.30. The lowest BCUT2D eigenvalue weighted by molar-refractivity contribution is 0.0675. The molecule has 1 amide bonds. The van der Waals surface area contributed by atoms with Gasteiger partial charge in [0.25, 0.3) is 5.91 Å². The first kappa shape index (κ1) is 20.2. The fourth-order valence-corrected chi connectivity index (χ4v) is 4.35. The smallest absolute Gasteiger partial charge is 0.289 e. The van der Waals surface area contributed by atoms with Crippen molar-refractivity contribution in [2.24, 2.45) is 0 Å². The minimum Gasteiger partial charge on any atom is -0.451 e. The topological polar surface area (TPSA) is 84.2 Å². The van der Waals surface area contributed by atoms with Crippen molar-refractivity contribution in [2.45, 2.75) is 25.7 Å². The lowest BCUT2D eigenvalue weighted by Crippen LogP contribution is -2.39. The molecule has 5 rings (SSSR count). The van der Waals surface area contributed by atoms with Crippen molar-refractivity contribution < 1.29 is 9.21 Å². The summed E-state index contributed by atoms with van der Waals surface area (Å²) in [6.45, 7) is 3.26. The Bertz CT molecular complexity index is 1270. The van der Waals surface area contributed by atoms with Crippen LogP contribution in [0.3, 0.4) is 0 Å². The van der Waals surface area contributed by atoms with E-state index >= 15 is 0 Å². The Morgan fingerprint density at radius 2 is 2.06 bits per heavy atom. The molecule has 1 fully saturated rings. The molecule has 1 saturated heterocycles. The van der Waals surface area contributed by atoms with E-state index in [1.165, 1.54) is 0 Å². The Morgan fingerprint density at radius 1 is 1.19 bits per heavy atom. The summed E-state index contributed by atoms with van der Waals surface area (Å²) in [6, 6.07) is 13.6. The third-order valence-corrected chi connectivity index (χ3v) is 6.09. The van der Waals surface area contributed by atoms with E-state index in [0.717, 1.165) is 46.4 Å². The van der Waals surface area contributed by atoms with E-state index in [0.29, 0.717) is 24.7 Å². The number of furan rings is 1. The maximum Gasteiger partial charge on any atom is 0.289 e. The van der Waals surface area contributed by atoms with Gasteiger partial charge >= 0.3 is 0 Å². The van der Waals surface area contributed by atoms with Gasteiger partial charge in [0.05, 0.1) is 5.69 Å². The number of pyridine rings is 1. The molecule has 1 aliphatic heterocycles. The minimum absolute atomic E-state index is 0.0567. The van der Waals surface area contributed by atoms with Crippen LogP contribution in [0.25, 0.3) is 22.4 Å². The first-order valence-electron chi connectivity index (χ1n) is 10.9. The van der Waals surface area contributed by atoms with E-state index in [9.17, 15) is 4.79 Å². The van der Waals surface area contributed by atoms with Gasteiger partial charge in [-0.25, -0.2) is 9.97 Å².